The van der Waals surface area contributed by atoms with Crippen molar-refractivity contribution in [2.75, 3.05) is 11.9 Å². The molecule has 2 aliphatic heterocycles. The summed E-state index contributed by atoms with van der Waals surface area (Å²) in [6, 6.07) is 5.47. The second-order valence-electron chi connectivity index (χ2n) is 8.19. The van der Waals surface area contributed by atoms with Crippen molar-refractivity contribution in [3.63, 3.8) is 0 Å². The first kappa shape index (κ1) is 19.0. The average Bonchev–Trinajstić information content (AvgIpc) is 3.31. The minimum absolute atomic E-state index is 0.0665. The second-order valence-corrected chi connectivity index (χ2v) is 8.19. The van der Waals surface area contributed by atoms with E-state index in [9.17, 15) is 5.11 Å². The number of halogens is 1. The number of phenols is 1. The highest BCUT2D eigenvalue weighted by molar-refractivity contribution is 5.68. The molecule has 3 aromatic rings. The molecule has 156 valence electrons. The summed E-state index contributed by atoms with van der Waals surface area (Å²) in [5, 5.41) is 13.9. The standard InChI is InChI=1S/C22H25FN6O/c1-28(19-9-14-3-2-4-17(27-14)22(19)23)21-12-25-18(11-26-21)16-6-5-15(10-20(16)30)29-8-7-24-13-29/h5-8,10-14,17,19,22,27,30H,2-4,9H2,1H3/t14?,17?,19-,22+/m1/s1. The number of benzene rings is 1. The van der Waals surface area contributed by atoms with Gasteiger partial charge in [0.1, 0.15) is 17.7 Å². The maximum Gasteiger partial charge on any atom is 0.147 e. The molecular weight excluding hydrogens is 383 g/mol. The lowest BCUT2D eigenvalue weighted by Gasteiger charge is -2.46. The normalized spacial score (nSPS) is 25.8. The minimum Gasteiger partial charge on any atom is -0.507 e. The van der Waals surface area contributed by atoms with E-state index in [-0.39, 0.29) is 17.8 Å². The van der Waals surface area contributed by atoms with Crippen molar-refractivity contribution in [2.45, 2.75) is 50.0 Å². The number of phenolic OH excluding ortho intramolecular Hbond substituents is 1. The number of imidazole rings is 1. The second kappa shape index (κ2) is 7.68. The van der Waals surface area contributed by atoms with Gasteiger partial charge in [-0.3, -0.25) is 4.98 Å². The number of aromatic hydroxyl groups is 1. The van der Waals surface area contributed by atoms with Crippen LogP contribution < -0.4 is 10.2 Å². The molecule has 0 saturated carbocycles. The van der Waals surface area contributed by atoms with Gasteiger partial charge in [-0.25, -0.2) is 14.4 Å². The van der Waals surface area contributed by atoms with Crippen LogP contribution in [-0.2, 0) is 0 Å². The SMILES string of the molecule is CN(c1cnc(-c2ccc(-n3ccnc3)cc2O)cn1)[C@@H]1CC2CCCC(N2)[C@@H]1F. The van der Waals surface area contributed by atoms with Gasteiger partial charge in [0, 0.05) is 43.2 Å². The molecular formula is C22H25FN6O. The largest absolute Gasteiger partial charge is 0.507 e. The Morgan fingerprint density at radius 3 is 2.87 bits per heavy atom. The number of aromatic nitrogens is 4. The smallest absolute Gasteiger partial charge is 0.147 e. The molecule has 0 spiro atoms. The van der Waals surface area contributed by atoms with Crippen LogP contribution in [0.5, 0.6) is 5.75 Å². The number of hydrogen-bond donors (Lipinski definition) is 2. The van der Waals surface area contributed by atoms with Gasteiger partial charge in [0.15, 0.2) is 0 Å². The molecule has 2 N–H and O–H groups in total. The first-order valence-electron chi connectivity index (χ1n) is 10.4. The molecule has 2 fully saturated rings. The molecule has 2 unspecified atom stereocenters. The van der Waals surface area contributed by atoms with Gasteiger partial charge in [-0.05, 0) is 31.4 Å². The fourth-order valence-electron chi connectivity index (χ4n) is 4.67. The summed E-state index contributed by atoms with van der Waals surface area (Å²) in [6.07, 6.45) is 11.4. The summed E-state index contributed by atoms with van der Waals surface area (Å²) < 4.78 is 16.8. The number of piperidine rings is 2. The number of anilines is 1. The third kappa shape index (κ3) is 3.41. The number of nitrogens with one attached hydrogen (secondary N) is 1. The molecule has 1 aromatic carbocycles. The molecule has 0 aliphatic carbocycles. The lowest BCUT2D eigenvalue weighted by molar-refractivity contribution is 0.107. The van der Waals surface area contributed by atoms with Crippen molar-refractivity contribution >= 4 is 5.82 Å². The molecule has 8 heteroatoms. The number of nitrogens with zero attached hydrogens (tertiary/aromatic N) is 5. The molecule has 4 atom stereocenters. The Morgan fingerprint density at radius 1 is 1.23 bits per heavy atom. The summed E-state index contributed by atoms with van der Waals surface area (Å²) in [4.78, 5) is 14.9. The Balaban J connectivity index is 1.35. The number of rotatable bonds is 4. The Bertz CT molecular complexity index is 1010. The van der Waals surface area contributed by atoms with E-state index in [0.29, 0.717) is 23.1 Å². The fourth-order valence-corrected chi connectivity index (χ4v) is 4.67. The average molecular weight is 408 g/mol. The van der Waals surface area contributed by atoms with Gasteiger partial charge in [-0.15, -0.1) is 0 Å². The molecule has 2 aromatic heterocycles. The zero-order valence-corrected chi connectivity index (χ0v) is 16.8. The number of alkyl halides is 1. The van der Waals surface area contributed by atoms with Crippen LogP contribution >= 0.6 is 0 Å². The van der Waals surface area contributed by atoms with Gasteiger partial charge < -0.3 is 19.9 Å². The maximum atomic E-state index is 15.0. The van der Waals surface area contributed by atoms with Crippen LogP contribution in [0.4, 0.5) is 10.2 Å². The van der Waals surface area contributed by atoms with Gasteiger partial charge in [0.25, 0.3) is 0 Å². The summed E-state index contributed by atoms with van der Waals surface area (Å²) in [7, 11) is 1.89. The van der Waals surface area contributed by atoms with Crippen LogP contribution in [0.3, 0.4) is 0 Å². The molecule has 0 radical (unpaired) electrons. The molecule has 7 nitrogen and oxygen atoms in total. The zero-order valence-electron chi connectivity index (χ0n) is 16.8. The van der Waals surface area contributed by atoms with E-state index in [4.69, 9.17) is 0 Å². The van der Waals surface area contributed by atoms with Crippen LogP contribution in [0.25, 0.3) is 16.9 Å². The first-order valence-corrected chi connectivity index (χ1v) is 10.4. The van der Waals surface area contributed by atoms with E-state index < -0.39 is 6.17 Å². The first-order chi connectivity index (χ1) is 14.6. The number of fused-ring (bicyclic) bond motifs is 2. The Kier molecular flexibility index (Phi) is 4.86. The van der Waals surface area contributed by atoms with Crippen molar-refractivity contribution in [1.82, 2.24) is 24.8 Å². The zero-order chi connectivity index (χ0) is 20.7. The quantitative estimate of drug-likeness (QED) is 0.691. The maximum absolute atomic E-state index is 15.0. The Hall–Kier alpha value is -3.00. The molecule has 0 amide bonds. The van der Waals surface area contributed by atoms with E-state index in [1.54, 1.807) is 31.0 Å². The van der Waals surface area contributed by atoms with Gasteiger partial charge in [-0.1, -0.05) is 6.42 Å². The third-order valence-corrected chi connectivity index (χ3v) is 6.35. The molecule has 2 bridgehead atoms. The van der Waals surface area contributed by atoms with Gasteiger partial charge in [0.05, 0.1) is 36.1 Å². The molecule has 2 aliphatic rings. The van der Waals surface area contributed by atoms with E-state index in [2.05, 4.69) is 20.3 Å². The monoisotopic (exact) mass is 408 g/mol. The number of hydrogen-bond acceptors (Lipinski definition) is 6. The lowest BCUT2D eigenvalue weighted by Crippen LogP contribution is -2.61. The molecule has 30 heavy (non-hydrogen) atoms. The van der Waals surface area contributed by atoms with Gasteiger partial charge in [0.2, 0.25) is 0 Å². The lowest BCUT2D eigenvalue weighted by atomic mass is 9.82. The van der Waals surface area contributed by atoms with Crippen LogP contribution in [0.1, 0.15) is 25.7 Å². The summed E-state index contributed by atoms with van der Waals surface area (Å²) in [6.45, 7) is 0. The van der Waals surface area contributed by atoms with E-state index >= 15 is 4.39 Å². The predicted octanol–water partition coefficient (Wildman–Crippen LogP) is 3.09. The van der Waals surface area contributed by atoms with Crippen LogP contribution in [0.15, 0.2) is 49.3 Å². The highest BCUT2D eigenvalue weighted by atomic mass is 19.1. The predicted molar refractivity (Wildman–Crippen MR) is 113 cm³/mol. The summed E-state index contributed by atoms with van der Waals surface area (Å²) >= 11 is 0. The van der Waals surface area contributed by atoms with Crippen molar-refractivity contribution < 1.29 is 9.50 Å². The van der Waals surface area contributed by atoms with Crippen molar-refractivity contribution in [3.05, 3.63) is 49.3 Å². The Morgan fingerprint density at radius 2 is 2.13 bits per heavy atom. The van der Waals surface area contributed by atoms with Crippen molar-refractivity contribution in [1.29, 1.82) is 0 Å². The highest BCUT2D eigenvalue weighted by Crippen LogP contribution is 2.33. The fraction of sp³-hybridized carbons (Fsp3) is 0.409. The van der Waals surface area contributed by atoms with Crippen molar-refractivity contribution in [3.8, 4) is 22.7 Å². The van der Waals surface area contributed by atoms with Crippen LogP contribution in [0.2, 0.25) is 0 Å². The van der Waals surface area contributed by atoms with Gasteiger partial charge in [-0.2, -0.15) is 0 Å². The molecule has 2 saturated heterocycles. The van der Waals surface area contributed by atoms with Gasteiger partial charge >= 0.3 is 0 Å². The topological polar surface area (TPSA) is 79.1 Å². The minimum atomic E-state index is -0.923. The molecule has 4 heterocycles. The van der Waals surface area contributed by atoms with Crippen LogP contribution in [0, 0.1) is 0 Å². The highest BCUT2D eigenvalue weighted by Gasteiger charge is 2.41. The summed E-state index contributed by atoms with van der Waals surface area (Å²) in [5.41, 5.74) is 1.98. The Labute approximate surface area is 174 Å². The summed E-state index contributed by atoms with van der Waals surface area (Å²) in [5.74, 6) is 0.757. The van der Waals surface area contributed by atoms with E-state index in [1.165, 1.54) is 0 Å². The van der Waals surface area contributed by atoms with E-state index in [0.717, 1.165) is 31.4 Å². The van der Waals surface area contributed by atoms with Crippen LogP contribution in [-0.4, -0.2) is 56.0 Å². The van der Waals surface area contributed by atoms with E-state index in [1.807, 2.05) is 34.8 Å². The van der Waals surface area contributed by atoms with Crippen molar-refractivity contribution in [2.24, 2.45) is 0 Å². The third-order valence-electron chi connectivity index (χ3n) is 6.35. The molecule has 5 rings (SSSR count).